The molecular weight excluding hydrogens is 309 g/mol. The molecule has 1 N–H and O–H groups in total. The van der Waals surface area contributed by atoms with Gasteiger partial charge < -0.3 is 14.7 Å². The molecule has 0 aromatic heterocycles. The number of likely N-dealkylation sites (tertiary alicyclic amines) is 1. The van der Waals surface area contributed by atoms with Gasteiger partial charge in [0.2, 0.25) is 0 Å². The van der Waals surface area contributed by atoms with Gasteiger partial charge in [-0.05, 0) is 41.8 Å². The Morgan fingerprint density at radius 2 is 1.88 bits per heavy atom. The Kier molecular flexibility index (Phi) is 4.92. The highest BCUT2D eigenvalue weighted by atomic mass is 19.1. The van der Waals surface area contributed by atoms with E-state index in [1.54, 1.807) is 36.3 Å². The second kappa shape index (κ2) is 7.11. The Morgan fingerprint density at radius 3 is 2.50 bits per heavy atom. The SMILES string of the molecule is COCc1ccc(C(=O)N2C[C@@H](O)C[C@H]2c2ccc(F)cc2)cc1. The van der Waals surface area contributed by atoms with Gasteiger partial charge in [-0.2, -0.15) is 0 Å². The molecule has 0 spiro atoms. The minimum absolute atomic E-state index is 0.134. The van der Waals surface area contributed by atoms with Gasteiger partial charge in [-0.1, -0.05) is 24.3 Å². The van der Waals surface area contributed by atoms with E-state index in [4.69, 9.17) is 4.74 Å². The molecular formula is C19H20FNO3. The Labute approximate surface area is 140 Å². The quantitative estimate of drug-likeness (QED) is 0.938. The van der Waals surface area contributed by atoms with Crippen molar-refractivity contribution in [2.45, 2.75) is 25.2 Å². The monoisotopic (exact) mass is 329 g/mol. The fraction of sp³-hybridized carbons (Fsp3) is 0.316. The molecule has 2 aromatic rings. The molecule has 1 fully saturated rings. The number of carbonyl (C=O) groups is 1. The molecule has 1 aliphatic rings. The van der Waals surface area contributed by atoms with Crippen molar-refractivity contribution in [3.63, 3.8) is 0 Å². The number of rotatable bonds is 4. The zero-order chi connectivity index (χ0) is 17.1. The van der Waals surface area contributed by atoms with E-state index in [1.165, 1.54) is 12.1 Å². The minimum Gasteiger partial charge on any atom is -0.391 e. The lowest BCUT2D eigenvalue weighted by molar-refractivity contribution is 0.0715. The van der Waals surface area contributed by atoms with Gasteiger partial charge in [0.05, 0.1) is 18.8 Å². The second-order valence-electron chi connectivity index (χ2n) is 6.04. The lowest BCUT2D eigenvalue weighted by Gasteiger charge is -2.25. The number of aliphatic hydroxyl groups is 1. The summed E-state index contributed by atoms with van der Waals surface area (Å²) in [5.41, 5.74) is 2.39. The smallest absolute Gasteiger partial charge is 0.254 e. The number of carbonyl (C=O) groups excluding carboxylic acids is 1. The van der Waals surface area contributed by atoms with Crippen LogP contribution in [0.5, 0.6) is 0 Å². The van der Waals surface area contributed by atoms with Crippen LogP contribution in [0, 0.1) is 5.82 Å². The highest BCUT2D eigenvalue weighted by Gasteiger charge is 2.35. The molecule has 2 aromatic carbocycles. The molecule has 2 atom stereocenters. The maximum absolute atomic E-state index is 13.1. The normalized spacial score (nSPS) is 20.4. The van der Waals surface area contributed by atoms with E-state index in [0.29, 0.717) is 18.6 Å². The summed E-state index contributed by atoms with van der Waals surface area (Å²) in [4.78, 5) is 14.5. The molecule has 0 aliphatic carbocycles. The van der Waals surface area contributed by atoms with Gasteiger partial charge in [-0.25, -0.2) is 4.39 Å². The largest absolute Gasteiger partial charge is 0.391 e. The summed E-state index contributed by atoms with van der Waals surface area (Å²) in [5.74, 6) is -0.450. The molecule has 0 unspecified atom stereocenters. The van der Waals surface area contributed by atoms with Gasteiger partial charge in [0.25, 0.3) is 5.91 Å². The van der Waals surface area contributed by atoms with Gasteiger partial charge in [0, 0.05) is 19.2 Å². The molecule has 4 nitrogen and oxygen atoms in total. The number of β-amino-alcohol motifs (C(OH)–C–C–N with tert-alkyl or cyclic N) is 1. The van der Waals surface area contributed by atoms with Gasteiger partial charge in [-0.15, -0.1) is 0 Å². The molecule has 0 bridgehead atoms. The Morgan fingerprint density at radius 1 is 1.21 bits per heavy atom. The van der Waals surface area contributed by atoms with Crippen LogP contribution < -0.4 is 0 Å². The Hall–Kier alpha value is -2.24. The second-order valence-corrected chi connectivity index (χ2v) is 6.04. The van der Waals surface area contributed by atoms with Crippen LogP contribution in [0.4, 0.5) is 4.39 Å². The van der Waals surface area contributed by atoms with E-state index in [2.05, 4.69) is 0 Å². The van der Waals surface area contributed by atoms with Crippen molar-refractivity contribution in [2.24, 2.45) is 0 Å². The third-order valence-electron chi connectivity index (χ3n) is 4.31. The van der Waals surface area contributed by atoms with Crippen LogP contribution in [-0.2, 0) is 11.3 Å². The average molecular weight is 329 g/mol. The van der Waals surface area contributed by atoms with Crippen molar-refractivity contribution >= 4 is 5.91 Å². The first-order valence-electron chi connectivity index (χ1n) is 7.91. The maximum Gasteiger partial charge on any atom is 0.254 e. The Bertz CT molecular complexity index is 700. The van der Waals surface area contributed by atoms with Crippen LogP contribution in [0.15, 0.2) is 48.5 Å². The third-order valence-corrected chi connectivity index (χ3v) is 4.31. The van der Waals surface area contributed by atoms with Gasteiger partial charge >= 0.3 is 0 Å². The standard InChI is InChI=1S/C19H20FNO3/c1-24-12-13-2-4-15(5-3-13)19(23)21-11-17(22)10-18(21)14-6-8-16(20)9-7-14/h2-9,17-18,22H,10-12H2,1H3/t17-,18-/m0/s1. The zero-order valence-electron chi connectivity index (χ0n) is 13.5. The van der Waals surface area contributed by atoms with Crippen LogP contribution in [0.3, 0.4) is 0 Å². The predicted molar refractivity (Wildman–Crippen MR) is 88.0 cm³/mol. The molecule has 5 heteroatoms. The highest BCUT2D eigenvalue weighted by Crippen LogP contribution is 2.33. The van der Waals surface area contributed by atoms with Crippen LogP contribution >= 0.6 is 0 Å². The van der Waals surface area contributed by atoms with Crippen LogP contribution in [0.2, 0.25) is 0 Å². The van der Waals surface area contributed by atoms with Crippen LogP contribution in [-0.4, -0.2) is 35.7 Å². The summed E-state index contributed by atoms with van der Waals surface area (Å²) in [6.45, 7) is 0.774. The average Bonchev–Trinajstić information content (AvgIpc) is 2.98. The van der Waals surface area contributed by atoms with Gasteiger partial charge in [-0.3, -0.25) is 4.79 Å². The summed E-state index contributed by atoms with van der Waals surface area (Å²) >= 11 is 0. The number of aliphatic hydroxyl groups excluding tert-OH is 1. The lowest BCUT2D eigenvalue weighted by atomic mass is 10.0. The first kappa shape index (κ1) is 16.6. The molecule has 126 valence electrons. The Balaban J connectivity index is 1.82. The molecule has 3 rings (SSSR count). The fourth-order valence-electron chi connectivity index (χ4n) is 3.12. The number of nitrogens with zero attached hydrogens (tertiary/aromatic N) is 1. The number of hydrogen-bond donors (Lipinski definition) is 1. The van der Waals surface area contributed by atoms with E-state index >= 15 is 0 Å². The van der Waals surface area contributed by atoms with Gasteiger partial charge in [0.15, 0.2) is 0 Å². The van der Waals surface area contributed by atoms with E-state index in [-0.39, 0.29) is 24.3 Å². The summed E-state index contributed by atoms with van der Waals surface area (Å²) in [5, 5.41) is 10.0. The van der Waals surface area contributed by atoms with Gasteiger partial charge in [0.1, 0.15) is 5.82 Å². The number of hydrogen-bond acceptors (Lipinski definition) is 3. The third kappa shape index (κ3) is 3.47. The molecule has 0 radical (unpaired) electrons. The van der Waals surface area contributed by atoms with E-state index < -0.39 is 6.10 Å². The summed E-state index contributed by atoms with van der Waals surface area (Å²) in [7, 11) is 1.62. The van der Waals surface area contributed by atoms with Crippen LogP contribution in [0.1, 0.15) is 33.9 Å². The number of ether oxygens (including phenoxy) is 1. The summed E-state index contributed by atoms with van der Waals surface area (Å²) < 4.78 is 18.2. The molecule has 1 aliphatic heterocycles. The number of benzene rings is 2. The van der Waals surface area contributed by atoms with Crippen molar-refractivity contribution in [1.82, 2.24) is 4.90 Å². The van der Waals surface area contributed by atoms with E-state index in [9.17, 15) is 14.3 Å². The molecule has 24 heavy (non-hydrogen) atoms. The fourth-order valence-corrected chi connectivity index (χ4v) is 3.12. The van der Waals surface area contributed by atoms with Crippen molar-refractivity contribution in [3.05, 3.63) is 71.0 Å². The van der Waals surface area contributed by atoms with Crippen molar-refractivity contribution in [3.8, 4) is 0 Å². The first-order chi connectivity index (χ1) is 11.6. The molecule has 1 heterocycles. The lowest BCUT2D eigenvalue weighted by Crippen LogP contribution is -2.31. The zero-order valence-corrected chi connectivity index (χ0v) is 13.5. The van der Waals surface area contributed by atoms with E-state index in [0.717, 1.165) is 11.1 Å². The highest BCUT2D eigenvalue weighted by molar-refractivity contribution is 5.94. The topological polar surface area (TPSA) is 49.8 Å². The summed E-state index contributed by atoms with van der Waals surface area (Å²) in [6.07, 6.45) is -0.115. The maximum atomic E-state index is 13.1. The number of halogens is 1. The predicted octanol–water partition coefficient (Wildman–Crippen LogP) is 2.92. The number of amides is 1. The molecule has 1 saturated heterocycles. The summed E-state index contributed by atoms with van der Waals surface area (Å²) in [6, 6.07) is 13.1. The van der Waals surface area contributed by atoms with Crippen molar-refractivity contribution in [1.29, 1.82) is 0 Å². The van der Waals surface area contributed by atoms with Crippen LogP contribution in [0.25, 0.3) is 0 Å². The van der Waals surface area contributed by atoms with Crippen molar-refractivity contribution < 1.29 is 19.0 Å². The molecule has 1 amide bonds. The molecule has 0 saturated carbocycles. The number of methoxy groups -OCH3 is 1. The van der Waals surface area contributed by atoms with E-state index in [1.807, 2.05) is 12.1 Å². The first-order valence-corrected chi connectivity index (χ1v) is 7.91. The van der Waals surface area contributed by atoms with Crippen molar-refractivity contribution in [2.75, 3.05) is 13.7 Å². The minimum atomic E-state index is -0.572.